The van der Waals surface area contributed by atoms with E-state index in [1.165, 1.54) is 12.1 Å². The summed E-state index contributed by atoms with van der Waals surface area (Å²) in [6.07, 6.45) is 3.72. The second kappa shape index (κ2) is 8.15. The molecule has 1 atom stereocenters. The van der Waals surface area contributed by atoms with Crippen LogP contribution in [0.5, 0.6) is 5.75 Å². The van der Waals surface area contributed by atoms with Crippen molar-refractivity contribution in [2.24, 2.45) is 11.8 Å². The molecule has 2 fully saturated rings. The van der Waals surface area contributed by atoms with Gasteiger partial charge in [0.1, 0.15) is 17.5 Å². The smallest absolute Gasteiger partial charge is 0.272 e. The summed E-state index contributed by atoms with van der Waals surface area (Å²) in [6, 6.07) is 9.93. The number of likely N-dealkylation sites (tertiary alicyclic amines) is 2. The number of benzene rings is 1. The maximum absolute atomic E-state index is 12.8. The Kier molecular flexibility index (Phi) is 5.40. The normalized spacial score (nSPS) is 19.1. The second-order valence-electron chi connectivity index (χ2n) is 8.19. The highest BCUT2D eigenvalue weighted by molar-refractivity contribution is 5.95. The fraction of sp³-hybridized carbons (Fsp3) is 0.391. The molecular formula is C23H24N4O3. The van der Waals surface area contributed by atoms with Crippen LogP contribution in [0.4, 0.5) is 0 Å². The molecule has 2 aromatic rings. The van der Waals surface area contributed by atoms with Crippen LogP contribution in [0.2, 0.25) is 0 Å². The number of phenols is 1. The minimum absolute atomic E-state index is 0.0277. The van der Waals surface area contributed by atoms with E-state index in [2.05, 4.69) is 4.98 Å². The Hall–Kier alpha value is -3.40. The Balaban J connectivity index is 1.35. The lowest BCUT2D eigenvalue weighted by atomic mass is 9.80. The lowest BCUT2D eigenvalue weighted by Gasteiger charge is -2.46. The number of hydrogen-bond donors (Lipinski definition) is 1. The van der Waals surface area contributed by atoms with E-state index in [1.54, 1.807) is 23.2 Å². The fourth-order valence-electron chi connectivity index (χ4n) is 4.25. The van der Waals surface area contributed by atoms with Crippen LogP contribution in [0.15, 0.2) is 36.5 Å². The van der Waals surface area contributed by atoms with Gasteiger partial charge in [0.25, 0.3) is 11.8 Å². The predicted octanol–water partition coefficient (Wildman–Crippen LogP) is 2.59. The largest absolute Gasteiger partial charge is 0.507 e. The number of carbonyl (C=O) groups is 2. The number of phenolic OH excluding ortho intramolecular Hbond substituents is 1. The lowest BCUT2D eigenvalue weighted by Crippen LogP contribution is -2.55. The summed E-state index contributed by atoms with van der Waals surface area (Å²) >= 11 is 0. The molecule has 2 saturated heterocycles. The Morgan fingerprint density at radius 3 is 2.57 bits per heavy atom. The summed E-state index contributed by atoms with van der Waals surface area (Å²) in [5, 5.41) is 18.7. The van der Waals surface area contributed by atoms with Gasteiger partial charge in [-0.2, -0.15) is 5.26 Å². The number of nitrogens with zero attached hydrogens (tertiary/aromatic N) is 4. The Morgan fingerprint density at radius 1 is 1.10 bits per heavy atom. The highest BCUT2D eigenvalue weighted by Gasteiger charge is 2.39. The molecule has 0 spiro atoms. The molecule has 0 aliphatic carbocycles. The first-order valence-electron chi connectivity index (χ1n) is 10.2. The molecule has 2 aliphatic heterocycles. The van der Waals surface area contributed by atoms with Gasteiger partial charge >= 0.3 is 0 Å². The summed E-state index contributed by atoms with van der Waals surface area (Å²) in [5.41, 5.74) is 2.02. The van der Waals surface area contributed by atoms with E-state index >= 15 is 0 Å². The first-order chi connectivity index (χ1) is 14.5. The average molecular weight is 404 g/mol. The average Bonchev–Trinajstić information content (AvgIpc) is 2.73. The van der Waals surface area contributed by atoms with Gasteiger partial charge in [-0.1, -0.05) is 6.07 Å². The zero-order valence-electron chi connectivity index (χ0n) is 16.9. The predicted molar refractivity (Wildman–Crippen MR) is 110 cm³/mol. The molecule has 0 saturated carbocycles. The molecule has 2 aliphatic rings. The maximum Gasteiger partial charge on any atom is 0.272 e. The van der Waals surface area contributed by atoms with Crippen LogP contribution in [0, 0.1) is 30.1 Å². The number of nitriles is 1. The SMILES string of the molecule is Cc1ccc(C(=O)N2CCCC(C3CN(C(=O)c4ccc(O)c(C#N)c4)C3)C2)nc1. The standard InChI is InChI=1S/C23H24N4O3/c1-15-4-6-20(25-11-15)23(30)26-8-2-3-17(12-26)19-13-27(14-19)22(29)16-5-7-21(28)18(9-16)10-24/h4-7,9,11,17,19,28H,2-3,8,12-14H2,1H3. The number of aromatic nitrogens is 1. The monoisotopic (exact) mass is 404 g/mol. The van der Waals surface area contributed by atoms with Crippen molar-refractivity contribution in [1.82, 2.24) is 14.8 Å². The lowest BCUT2D eigenvalue weighted by molar-refractivity contribution is 0.0186. The fourth-order valence-corrected chi connectivity index (χ4v) is 4.25. The van der Waals surface area contributed by atoms with Gasteiger partial charge in [0.2, 0.25) is 0 Å². The zero-order valence-corrected chi connectivity index (χ0v) is 16.9. The van der Waals surface area contributed by atoms with Gasteiger partial charge in [-0.15, -0.1) is 0 Å². The van der Waals surface area contributed by atoms with Crippen molar-refractivity contribution in [2.75, 3.05) is 26.2 Å². The summed E-state index contributed by atoms with van der Waals surface area (Å²) in [5.74, 6) is 0.454. The van der Waals surface area contributed by atoms with E-state index in [4.69, 9.17) is 5.26 Å². The minimum atomic E-state index is -0.129. The first-order valence-corrected chi connectivity index (χ1v) is 10.2. The number of piperidine rings is 1. The van der Waals surface area contributed by atoms with Crippen LogP contribution < -0.4 is 0 Å². The molecule has 7 heteroatoms. The Morgan fingerprint density at radius 2 is 1.87 bits per heavy atom. The molecule has 0 radical (unpaired) electrons. The quantitative estimate of drug-likeness (QED) is 0.848. The van der Waals surface area contributed by atoms with E-state index < -0.39 is 0 Å². The molecule has 1 aromatic carbocycles. The summed E-state index contributed by atoms with van der Waals surface area (Å²) in [4.78, 5) is 33.4. The van der Waals surface area contributed by atoms with Crippen molar-refractivity contribution in [2.45, 2.75) is 19.8 Å². The van der Waals surface area contributed by atoms with Crippen molar-refractivity contribution in [3.63, 3.8) is 0 Å². The van der Waals surface area contributed by atoms with Crippen LogP contribution in [0.1, 0.15) is 44.8 Å². The van der Waals surface area contributed by atoms with E-state index in [-0.39, 0.29) is 23.1 Å². The number of pyridine rings is 1. The molecule has 1 unspecified atom stereocenters. The number of amides is 2. The maximum atomic E-state index is 12.8. The third kappa shape index (κ3) is 3.86. The van der Waals surface area contributed by atoms with Crippen LogP contribution in [0.25, 0.3) is 0 Å². The van der Waals surface area contributed by atoms with E-state index in [9.17, 15) is 14.7 Å². The molecule has 30 heavy (non-hydrogen) atoms. The molecule has 0 bridgehead atoms. The van der Waals surface area contributed by atoms with Gasteiger partial charge in [0.15, 0.2) is 0 Å². The number of aryl methyl sites for hydroxylation is 1. The van der Waals surface area contributed by atoms with Crippen molar-refractivity contribution in [3.8, 4) is 11.8 Å². The number of hydrogen-bond acceptors (Lipinski definition) is 5. The van der Waals surface area contributed by atoms with Gasteiger partial charge in [-0.05, 0) is 61.4 Å². The van der Waals surface area contributed by atoms with Gasteiger partial charge in [0.05, 0.1) is 5.56 Å². The molecule has 2 amide bonds. The molecule has 1 N–H and O–H groups in total. The number of carbonyl (C=O) groups excluding carboxylic acids is 2. The van der Waals surface area contributed by atoms with Crippen LogP contribution in [-0.4, -0.2) is 57.9 Å². The summed E-state index contributed by atoms with van der Waals surface area (Å²) in [7, 11) is 0. The molecule has 1 aromatic heterocycles. The summed E-state index contributed by atoms with van der Waals surface area (Å²) < 4.78 is 0. The second-order valence-corrected chi connectivity index (χ2v) is 8.19. The van der Waals surface area contributed by atoms with E-state index in [0.29, 0.717) is 42.7 Å². The highest BCUT2D eigenvalue weighted by atomic mass is 16.3. The Labute approximate surface area is 175 Å². The molecule has 7 nitrogen and oxygen atoms in total. The van der Waals surface area contributed by atoms with Crippen molar-refractivity contribution >= 4 is 11.8 Å². The Bertz CT molecular complexity index is 1010. The zero-order chi connectivity index (χ0) is 21.3. The highest BCUT2D eigenvalue weighted by Crippen LogP contribution is 2.32. The summed E-state index contributed by atoms with van der Waals surface area (Å²) in [6.45, 7) is 4.68. The van der Waals surface area contributed by atoms with Crippen LogP contribution in [0.3, 0.4) is 0 Å². The van der Waals surface area contributed by atoms with Crippen LogP contribution >= 0.6 is 0 Å². The third-order valence-electron chi connectivity index (χ3n) is 6.10. The first kappa shape index (κ1) is 19.9. The molecule has 4 rings (SSSR count). The van der Waals surface area contributed by atoms with Gasteiger partial charge < -0.3 is 14.9 Å². The molecule has 154 valence electrons. The topological polar surface area (TPSA) is 97.5 Å². The van der Waals surface area contributed by atoms with Gasteiger partial charge in [0, 0.05) is 37.9 Å². The van der Waals surface area contributed by atoms with Crippen molar-refractivity contribution < 1.29 is 14.7 Å². The third-order valence-corrected chi connectivity index (χ3v) is 6.10. The number of aromatic hydroxyl groups is 1. The molecule has 3 heterocycles. The van der Waals surface area contributed by atoms with Crippen LogP contribution in [-0.2, 0) is 0 Å². The van der Waals surface area contributed by atoms with Crippen molar-refractivity contribution in [1.29, 1.82) is 5.26 Å². The van der Waals surface area contributed by atoms with Gasteiger partial charge in [-0.3, -0.25) is 14.6 Å². The number of rotatable bonds is 3. The van der Waals surface area contributed by atoms with Crippen molar-refractivity contribution in [3.05, 3.63) is 58.9 Å². The van der Waals surface area contributed by atoms with E-state index in [1.807, 2.05) is 24.0 Å². The minimum Gasteiger partial charge on any atom is -0.507 e. The van der Waals surface area contributed by atoms with E-state index in [0.717, 1.165) is 24.9 Å². The van der Waals surface area contributed by atoms with Gasteiger partial charge in [-0.25, -0.2) is 0 Å². The molecular weight excluding hydrogens is 380 g/mol.